The first kappa shape index (κ1) is 20.6. The molecule has 1 heterocycles. The molecular weight excluding hydrogens is 410 g/mol. The van der Waals surface area contributed by atoms with Crippen LogP contribution in [-0.2, 0) is 16.6 Å². The first-order valence-corrected chi connectivity index (χ1v) is 11.2. The van der Waals surface area contributed by atoms with Gasteiger partial charge in [-0.2, -0.15) is 0 Å². The summed E-state index contributed by atoms with van der Waals surface area (Å²) in [6, 6.07) is 24.4. The van der Waals surface area contributed by atoms with Crippen LogP contribution in [0.3, 0.4) is 0 Å². The maximum atomic E-state index is 12.9. The van der Waals surface area contributed by atoms with Crippen LogP contribution in [0.15, 0.2) is 89.8 Å². The molecule has 0 saturated heterocycles. The molecule has 0 saturated carbocycles. The number of rotatable bonds is 6. The number of pyridine rings is 1. The number of fused-ring (bicyclic) bond motifs is 1. The van der Waals surface area contributed by atoms with Crippen LogP contribution in [0.25, 0.3) is 10.9 Å². The third kappa shape index (κ3) is 4.57. The van der Waals surface area contributed by atoms with Gasteiger partial charge in [-0.15, -0.1) is 0 Å². The molecule has 0 unspecified atom stereocenters. The fourth-order valence-corrected chi connectivity index (χ4v) is 4.47. The quantitative estimate of drug-likeness (QED) is 0.477. The molecule has 31 heavy (non-hydrogen) atoms. The van der Waals surface area contributed by atoms with Crippen molar-refractivity contribution in [1.82, 2.24) is 10.3 Å². The molecule has 0 spiro atoms. The Morgan fingerprint density at radius 1 is 0.903 bits per heavy atom. The summed E-state index contributed by atoms with van der Waals surface area (Å²) in [6.45, 7) is 2.01. The van der Waals surface area contributed by atoms with Crippen LogP contribution in [0.1, 0.15) is 21.6 Å². The Balaban J connectivity index is 1.56. The van der Waals surface area contributed by atoms with Crippen molar-refractivity contribution in [2.24, 2.45) is 0 Å². The van der Waals surface area contributed by atoms with Gasteiger partial charge in [0, 0.05) is 17.6 Å². The Bertz CT molecular complexity index is 1350. The van der Waals surface area contributed by atoms with Crippen molar-refractivity contribution in [3.8, 4) is 0 Å². The Labute approximate surface area is 181 Å². The normalized spacial score (nSPS) is 11.3. The molecule has 0 bridgehead atoms. The zero-order chi connectivity index (χ0) is 21.8. The van der Waals surface area contributed by atoms with E-state index in [0.29, 0.717) is 16.8 Å². The molecule has 6 nitrogen and oxygen atoms in total. The standard InChI is InChI=1S/C24H21N3O3S/c1-17-15-21(20-12-6-8-14-23(20)26-17)24(28)25-16-18-9-5-7-13-22(18)27-31(29,30)19-10-3-2-4-11-19/h2-15,27H,16H2,1H3,(H,25,28). The van der Waals surface area contributed by atoms with Gasteiger partial charge < -0.3 is 5.32 Å². The third-order valence-corrected chi connectivity index (χ3v) is 6.22. The Kier molecular flexibility index (Phi) is 5.68. The number of para-hydroxylation sites is 2. The van der Waals surface area contributed by atoms with Crippen molar-refractivity contribution in [2.45, 2.75) is 18.4 Å². The lowest BCUT2D eigenvalue weighted by atomic mass is 10.1. The van der Waals surface area contributed by atoms with E-state index in [2.05, 4.69) is 15.0 Å². The van der Waals surface area contributed by atoms with E-state index in [-0.39, 0.29) is 17.3 Å². The lowest BCUT2D eigenvalue weighted by molar-refractivity contribution is 0.0952. The van der Waals surface area contributed by atoms with Crippen LogP contribution in [0.4, 0.5) is 5.69 Å². The maximum absolute atomic E-state index is 12.9. The van der Waals surface area contributed by atoms with Crippen molar-refractivity contribution in [2.75, 3.05) is 4.72 Å². The molecule has 1 amide bonds. The van der Waals surface area contributed by atoms with Gasteiger partial charge in [-0.3, -0.25) is 14.5 Å². The molecule has 0 aliphatic heterocycles. The van der Waals surface area contributed by atoms with E-state index < -0.39 is 10.0 Å². The highest BCUT2D eigenvalue weighted by molar-refractivity contribution is 7.92. The molecule has 2 N–H and O–H groups in total. The summed E-state index contributed by atoms with van der Waals surface area (Å²) in [5.41, 5.74) is 3.11. The number of sulfonamides is 1. The van der Waals surface area contributed by atoms with Crippen molar-refractivity contribution in [3.63, 3.8) is 0 Å². The summed E-state index contributed by atoms with van der Waals surface area (Å²) < 4.78 is 28.0. The molecule has 0 atom stereocenters. The summed E-state index contributed by atoms with van der Waals surface area (Å²) in [7, 11) is -3.73. The zero-order valence-electron chi connectivity index (χ0n) is 16.9. The van der Waals surface area contributed by atoms with E-state index in [0.717, 1.165) is 16.6 Å². The Morgan fingerprint density at radius 2 is 1.58 bits per heavy atom. The minimum atomic E-state index is -3.73. The Morgan fingerprint density at radius 3 is 2.39 bits per heavy atom. The van der Waals surface area contributed by atoms with Crippen molar-refractivity contribution < 1.29 is 13.2 Å². The highest BCUT2D eigenvalue weighted by atomic mass is 32.2. The molecule has 7 heteroatoms. The zero-order valence-corrected chi connectivity index (χ0v) is 17.7. The topological polar surface area (TPSA) is 88.2 Å². The minimum absolute atomic E-state index is 0.169. The minimum Gasteiger partial charge on any atom is -0.348 e. The van der Waals surface area contributed by atoms with E-state index in [1.54, 1.807) is 48.5 Å². The van der Waals surface area contributed by atoms with Crippen molar-refractivity contribution in [3.05, 3.63) is 102 Å². The summed E-state index contributed by atoms with van der Waals surface area (Å²) in [5, 5.41) is 3.67. The number of amides is 1. The summed E-state index contributed by atoms with van der Waals surface area (Å²) >= 11 is 0. The van der Waals surface area contributed by atoms with Gasteiger partial charge in [-0.25, -0.2) is 8.42 Å². The van der Waals surface area contributed by atoms with E-state index in [1.165, 1.54) is 12.1 Å². The van der Waals surface area contributed by atoms with Gasteiger partial charge in [0.05, 0.1) is 21.7 Å². The van der Waals surface area contributed by atoms with Crippen LogP contribution in [-0.4, -0.2) is 19.3 Å². The van der Waals surface area contributed by atoms with E-state index in [9.17, 15) is 13.2 Å². The molecule has 156 valence electrons. The summed E-state index contributed by atoms with van der Waals surface area (Å²) in [5.74, 6) is -0.248. The molecule has 0 aliphatic rings. The lowest BCUT2D eigenvalue weighted by Crippen LogP contribution is -2.24. The number of carbonyl (C=O) groups is 1. The SMILES string of the molecule is Cc1cc(C(=O)NCc2ccccc2NS(=O)(=O)c2ccccc2)c2ccccc2n1. The largest absolute Gasteiger partial charge is 0.348 e. The van der Waals surface area contributed by atoms with Crippen LogP contribution in [0.2, 0.25) is 0 Å². The number of benzene rings is 3. The number of hydrogen-bond acceptors (Lipinski definition) is 4. The molecule has 4 aromatic rings. The van der Waals surface area contributed by atoms with Gasteiger partial charge in [0.1, 0.15) is 0 Å². The number of carbonyl (C=O) groups excluding carboxylic acids is 1. The molecule has 0 radical (unpaired) electrons. The molecule has 1 aromatic heterocycles. The number of anilines is 1. The molecule has 4 rings (SSSR count). The predicted octanol–water partition coefficient (Wildman–Crippen LogP) is 4.27. The third-order valence-electron chi connectivity index (χ3n) is 4.84. The van der Waals surface area contributed by atoms with Crippen molar-refractivity contribution >= 4 is 32.5 Å². The average Bonchev–Trinajstić information content (AvgIpc) is 2.78. The first-order chi connectivity index (χ1) is 14.9. The van der Waals surface area contributed by atoms with E-state index in [4.69, 9.17) is 0 Å². The fourth-order valence-electron chi connectivity index (χ4n) is 3.34. The number of nitrogens with one attached hydrogen (secondary N) is 2. The fraction of sp³-hybridized carbons (Fsp3) is 0.0833. The molecular formula is C24H21N3O3S. The first-order valence-electron chi connectivity index (χ1n) is 9.74. The summed E-state index contributed by atoms with van der Waals surface area (Å²) in [6.07, 6.45) is 0. The van der Waals surface area contributed by atoms with Crippen LogP contribution >= 0.6 is 0 Å². The number of aryl methyl sites for hydroxylation is 1. The highest BCUT2D eigenvalue weighted by Crippen LogP contribution is 2.21. The monoisotopic (exact) mass is 431 g/mol. The second-order valence-electron chi connectivity index (χ2n) is 7.09. The molecule has 3 aromatic carbocycles. The van der Waals surface area contributed by atoms with Crippen LogP contribution < -0.4 is 10.0 Å². The average molecular weight is 432 g/mol. The van der Waals surface area contributed by atoms with E-state index in [1.807, 2.05) is 31.2 Å². The number of hydrogen-bond donors (Lipinski definition) is 2. The lowest BCUT2D eigenvalue weighted by Gasteiger charge is -2.14. The van der Waals surface area contributed by atoms with Gasteiger partial charge >= 0.3 is 0 Å². The van der Waals surface area contributed by atoms with Gasteiger partial charge in [-0.05, 0) is 42.8 Å². The second-order valence-corrected chi connectivity index (χ2v) is 8.77. The highest BCUT2D eigenvalue weighted by Gasteiger charge is 2.16. The smallest absolute Gasteiger partial charge is 0.261 e. The molecule has 0 aliphatic carbocycles. The van der Waals surface area contributed by atoms with Gasteiger partial charge in [-0.1, -0.05) is 54.6 Å². The van der Waals surface area contributed by atoms with Crippen LogP contribution in [0.5, 0.6) is 0 Å². The van der Waals surface area contributed by atoms with Gasteiger partial charge in [0.2, 0.25) is 0 Å². The van der Waals surface area contributed by atoms with Crippen LogP contribution in [0, 0.1) is 6.92 Å². The predicted molar refractivity (Wildman–Crippen MR) is 121 cm³/mol. The van der Waals surface area contributed by atoms with E-state index >= 15 is 0 Å². The van der Waals surface area contributed by atoms with Gasteiger partial charge in [0.15, 0.2) is 0 Å². The number of nitrogens with zero attached hydrogens (tertiary/aromatic N) is 1. The second kappa shape index (κ2) is 8.57. The molecule has 0 fully saturated rings. The summed E-state index contributed by atoms with van der Waals surface area (Å²) in [4.78, 5) is 17.6. The van der Waals surface area contributed by atoms with Crippen molar-refractivity contribution in [1.29, 1.82) is 0 Å². The maximum Gasteiger partial charge on any atom is 0.261 e. The van der Waals surface area contributed by atoms with Gasteiger partial charge in [0.25, 0.3) is 15.9 Å². The Hall–Kier alpha value is -3.71. The number of aromatic nitrogens is 1.